The maximum atomic E-state index is 11.9. The van der Waals surface area contributed by atoms with Gasteiger partial charge in [0.2, 0.25) is 5.91 Å². The average Bonchev–Trinajstić information content (AvgIpc) is 3.02. The first-order valence-electron chi connectivity index (χ1n) is 10.0. The number of aromatic amines is 1. The van der Waals surface area contributed by atoms with E-state index in [4.69, 9.17) is 4.98 Å². The van der Waals surface area contributed by atoms with Gasteiger partial charge in [-0.15, -0.1) is 0 Å². The fourth-order valence-corrected chi connectivity index (χ4v) is 4.55. The molecule has 5 nitrogen and oxygen atoms in total. The largest absolute Gasteiger partial charge is 0.357 e. The maximum Gasteiger partial charge on any atom is 0.219 e. The number of piperidine rings is 2. The lowest BCUT2D eigenvalue weighted by molar-refractivity contribution is -0.130. The molecule has 0 bridgehead atoms. The van der Waals surface area contributed by atoms with Crippen molar-refractivity contribution in [3.63, 3.8) is 0 Å². The van der Waals surface area contributed by atoms with Gasteiger partial charge in [0.25, 0.3) is 0 Å². The van der Waals surface area contributed by atoms with E-state index in [1.165, 1.54) is 37.2 Å². The van der Waals surface area contributed by atoms with Crippen LogP contribution in [0, 0.1) is 5.92 Å². The van der Waals surface area contributed by atoms with E-state index in [1.54, 1.807) is 6.92 Å². The van der Waals surface area contributed by atoms with Crippen LogP contribution >= 0.6 is 0 Å². The number of hydrogen-bond donors (Lipinski definition) is 1. The Labute approximate surface area is 155 Å². The number of fused-ring (bicyclic) bond motifs is 1. The van der Waals surface area contributed by atoms with Crippen LogP contribution in [0.4, 0.5) is 0 Å². The van der Waals surface area contributed by atoms with Crippen LogP contribution in [0.2, 0.25) is 0 Å². The molecule has 2 aromatic heterocycles. The Morgan fingerprint density at radius 3 is 2.85 bits per heavy atom. The molecule has 2 saturated heterocycles. The van der Waals surface area contributed by atoms with Crippen LogP contribution in [0.3, 0.4) is 0 Å². The van der Waals surface area contributed by atoms with Gasteiger partial charge in [0.15, 0.2) is 0 Å². The third-order valence-electron chi connectivity index (χ3n) is 6.22. The standard InChI is InChI=1S/C21H30N4O/c1-15-7-11-24(12-8-15)14-18-20(23-19-6-3-9-22-21(18)19)17-5-4-10-25(13-17)16(2)26/h3,6,9,15,17,23H,4-5,7-8,10-14H2,1-2H3. The summed E-state index contributed by atoms with van der Waals surface area (Å²) in [6.45, 7) is 9.07. The van der Waals surface area contributed by atoms with Crippen molar-refractivity contribution in [3.05, 3.63) is 29.6 Å². The summed E-state index contributed by atoms with van der Waals surface area (Å²) in [5, 5.41) is 0. The predicted octanol–water partition coefficient (Wildman–Crippen LogP) is 3.52. The highest BCUT2D eigenvalue weighted by Crippen LogP contribution is 2.33. The summed E-state index contributed by atoms with van der Waals surface area (Å²) in [4.78, 5) is 24.8. The molecular formula is C21H30N4O. The number of nitrogens with zero attached hydrogens (tertiary/aromatic N) is 3. The summed E-state index contributed by atoms with van der Waals surface area (Å²) in [5.74, 6) is 1.42. The van der Waals surface area contributed by atoms with Crippen molar-refractivity contribution in [2.24, 2.45) is 5.92 Å². The lowest BCUT2D eigenvalue weighted by Gasteiger charge is -2.33. The number of pyridine rings is 1. The molecule has 1 N–H and O–H groups in total. The molecule has 2 aliphatic rings. The van der Waals surface area contributed by atoms with Gasteiger partial charge in [-0.3, -0.25) is 14.7 Å². The topological polar surface area (TPSA) is 52.2 Å². The Morgan fingerprint density at radius 2 is 2.08 bits per heavy atom. The molecule has 0 spiro atoms. The molecule has 0 radical (unpaired) electrons. The van der Waals surface area contributed by atoms with E-state index in [9.17, 15) is 4.79 Å². The quantitative estimate of drug-likeness (QED) is 0.917. The minimum Gasteiger partial charge on any atom is -0.357 e. The summed E-state index contributed by atoms with van der Waals surface area (Å²) in [6.07, 6.45) is 6.68. The molecule has 5 heteroatoms. The molecule has 1 amide bonds. The Morgan fingerprint density at radius 1 is 1.27 bits per heavy atom. The smallest absolute Gasteiger partial charge is 0.219 e. The summed E-state index contributed by atoms with van der Waals surface area (Å²) < 4.78 is 0. The third-order valence-corrected chi connectivity index (χ3v) is 6.22. The third kappa shape index (κ3) is 3.50. The second kappa shape index (κ2) is 7.39. The number of H-pyrrole nitrogens is 1. The van der Waals surface area contributed by atoms with E-state index in [0.717, 1.165) is 49.4 Å². The highest BCUT2D eigenvalue weighted by atomic mass is 16.2. The van der Waals surface area contributed by atoms with Crippen LogP contribution in [0.25, 0.3) is 11.0 Å². The zero-order valence-electron chi connectivity index (χ0n) is 16.0. The lowest BCUT2D eigenvalue weighted by atomic mass is 9.91. The number of rotatable bonds is 3. The van der Waals surface area contributed by atoms with E-state index >= 15 is 0 Å². The van der Waals surface area contributed by atoms with E-state index < -0.39 is 0 Å². The van der Waals surface area contributed by atoms with E-state index in [2.05, 4.69) is 22.9 Å². The summed E-state index contributed by atoms with van der Waals surface area (Å²) in [7, 11) is 0. The highest BCUT2D eigenvalue weighted by Gasteiger charge is 2.28. The van der Waals surface area contributed by atoms with Crippen LogP contribution in [0.1, 0.15) is 56.7 Å². The van der Waals surface area contributed by atoms with Gasteiger partial charge in [-0.05, 0) is 56.8 Å². The minimum absolute atomic E-state index is 0.190. The van der Waals surface area contributed by atoms with Gasteiger partial charge in [0.05, 0.1) is 11.0 Å². The molecule has 140 valence electrons. The fraction of sp³-hybridized carbons (Fsp3) is 0.619. The molecular weight excluding hydrogens is 324 g/mol. The predicted molar refractivity (Wildman–Crippen MR) is 104 cm³/mol. The number of hydrogen-bond acceptors (Lipinski definition) is 3. The monoisotopic (exact) mass is 354 g/mol. The van der Waals surface area contributed by atoms with Crippen LogP contribution < -0.4 is 0 Å². The summed E-state index contributed by atoms with van der Waals surface area (Å²) in [6, 6.07) is 4.12. The lowest BCUT2D eigenvalue weighted by Crippen LogP contribution is -2.38. The average molecular weight is 354 g/mol. The molecule has 4 heterocycles. The first-order valence-corrected chi connectivity index (χ1v) is 10.0. The van der Waals surface area contributed by atoms with Crippen LogP contribution in [0.5, 0.6) is 0 Å². The van der Waals surface area contributed by atoms with Gasteiger partial charge in [-0.25, -0.2) is 0 Å². The summed E-state index contributed by atoms with van der Waals surface area (Å²) >= 11 is 0. The Hall–Kier alpha value is -1.88. The van der Waals surface area contributed by atoms with Crippen molar-refractivity contribution < 1.29 is 4.79 Å². The number of carbonyl (C=O) groups is 1. The van der Waals surface area contributed by atoms with Crippen LogP contribution in [0.15, 0.2) is 18.3 Å². The molecule has 0 saturated carbocycles. The Kier molecular flexibility index (Phi) is 4.98. The van der Waals surface area contributed by atoms with E-state index in [0.29, 0.717) is 5.92 Å². The van der Waals surface area contributed by atoms with Crippen LogP contribution in [-0.4, -0.2) is 51.9 Å². The molecule has 1 unspecified atom stereocenters. The van der Waals surface area contributed by atoms with Crippen molar-refractivity contribution >= 4 is 16.9 Å². The maximum absolute atomic E-state index is 11.9. The van der Waals surface area contributed by atoms with Gasteiger partial charge in [0.1, 0.15) is 0 Å². The number of likely N-dealkylation sites (tertiary alicyclic amines) is 2. The molecule has 26 heavy (non-hydrogen) atoms. The molecule has 2 aromatic rings. The number of carbonyl (C=O) groups excluding carboxylic acids is 1. The second-order valence-electron chi connectivity index (χ2n) is 8.18. The van der Waals surface area contributed by atoms with Gasteiger partial charge < -0.3 is 9.88 Å². The zero-order valence-corrected chi connectivity index (χ0v) is 16.0. The number of nitrogens with one attached hydrogen (secondary N) is 1. The van der Waals surface area contributed by atoms with Gasteiger partial charge in [-0.2, -0.15) is 0 Å². The first kappa shape index (κ1) is 17.5. The molecule has 1 atom stereocenters. The van der Waals surface area contributed by atoms with E-state index in [-0.39, 0.29) is 5.91 Å². The Balaban J connectivity index is 1.64. The van der Waals surface area contributed by atoms with Crippen molar-refractivity contribution in [1.29, 1.82) is 0 Å². The fourth-order valence-electron chi connectivity index (χ4n) is 4.55. The van der Waals surface area contributed by atoms with Crippen molar-refractivity contribution in [2.45, 2.75) is 52.0 Å². The van der Waals surface area contributed by atoms with Crippen molar-refractivity contribution in [2.75, 3.05) is 26.2 Å². The first-order chi connectivity index (χ1) is 12.6. The molecule has 2 fully saturated rings. The molecule has 2 aliphatic heterocycles. The normalized spacial score (nSPS) is 22.8. The van der Waals surface area contributed by atoms with E-state index in [1.807, 2.05) is 17.2 Å². The SMILES string of the molecule is CC(=O)N1CCCC(c2[nH]c3cccnc3c2CN2CCC(C)CC2)C1. The second-order valence-corrected chi connectivity index (χ2v) is 8.18. The number of aromatic nitrogens is 2. The van der Waals surface area contributed by atoms with Gasteiger partial charge in [-0.1, -0.05) is 6.92 Å². The van der Waals surface area contributed by atoms with Crippen molar-refractivity contribution in [1.82, 2.24) is 19.8 Å². The minimum atomic E-state index is 0.190. The van der Waals surface area contributed by atoms with Crippen LogP contribution in [-0.2, 0) is 11.3 Å². The number of amides is 1. The van der Waals surface area contributed by atoms with Crippen molar-refractivity contribution in [3.8, 4) is 0 Å². The Bertz CT molecular complexity index is 775. The molecule has 4 rings (SSSR count). The molecule has 0 aromatic carbocycles. The van der Waals surface area contributed by atoms with Gasteiger partial charge in [0, 0.05) is 49.9 Å². The molecule has 0 aliphatic carbocycles. The highest BCUT2D eigenvalue weighted by molar-refractivity contribution is 5.80. The summed E-state index contributed by atoms with van der Waals surface area (Å²) in [5.41, 5.74) is 4.90. The van der Waals surface area contributed by atoms with Gasteiger partial charge >= 0.3 is 0 Å². The zero-order chi connectivity index (χ0) is 18.1.